The van der Waals surface area contributed by atoms with E-state index >= 15 is 0 Å². The summed E-state index contributed by atoms with van der Waals surface area (Å²) in [6.07, 6.45) is 23.8. The average Bonchev–Trinajstić information content (AvgIpc) is 2.80. The van der Waals surface area contributed by atoms with Gasteiger partial charge in [0, 0.05) is 0 Å². The molecule has 3 atom stereocenters. The van der Waals surface area contributed by atoms with Gasteiger partial charge in [0.2, 0.25) is 0 Å². The lowest BCUT2D eigenvalue weighted by Crippen LogP contribution is -2.34. The Hall–Kier alpha value is -0.530. The van der Waals surface area contributed by atoms with Crippen molar-refractivity contribution in [2.45, 2.75) is 142 Å². The van der Waals surface area contributed by atoms with Crippen LogP contribution in [0.3, 0.4) is 0 Å². The minimum absolute atomic E-state index is 0.137. The Kier molecular flexibility index (Phi) is 10.7. The Morgan fingerprint density at radius 3 is 2.10 bits per heavy atom. The predicted molar refractivity (Wildman–Crippen MR) is 131 cm³/mol. The minimum Gasteiger partial charge on any atom is -0.462 e. The Morgan fingerprint density at radius 2 is 1.45 bits per heavy atom. The molecule has 0 saturated heterocycles. The number of rotatable bonds is 10. The summed E-state index contributed by atoms with van der Waals surface area (Å²) in [5.41, 5.74) is 0. The van der Waals surface area contributed by atoms with Gasteiger partial charge in [-0.2, -0.15) is 0 Å². The fraction of sp³-hybridized carbons (Fsp3) is 0.966. The molecule has 0 bridgehead atoms. The number of carbonyl (C=O) groups excluding carboxylic acids is 1. The molecule has 3 aliphatic carbocycles. The lowest BCUT2D eigenvalue weighted by Gasteiger charge is -2.41. The van der Waals surface area contributed by atoms with Crippen molar-refractivity contribution in [2.75, 3.05) is 0 Å². The highest BCUT2D eigenvalue weighted by molar-refractivity contribution is 5.72. The maximum absolute atomic E-state index is 12.8. The SMILES string of the molecule is CCCCCCC[C@H]1CC[C@@H]([C@H]2CC[C@H](C(=O)OC3CCC(CC)CC3)CC2)[C@H](C)C1. The van der Waals surface area contributed by atoms with E-state index in [0.717, 1.165) is 55.3 Å². The molecule has 0 amide bonds. The molecule has 3 fully saturated rings. The monoisotopic (exact) mass is 432 g/mol. The van der Waals surface area contributed by atoms with Gasteiger partial charge in [-0.05, 0) is 93.8 Å². The van der Waals surface area contributed by atoms with Gasteiger partial charge in [-0.15, -0.1) is 0 Å². The van der Waals surface area contributed by atoms with Crippen LogP contribution in [0.1, 0.15) is 136 Å². The second kappa shape index (κ2) is 13.2. The Labute approximate surface area is 193 Å². The molecule has 0 spiro atoms. The fourth-order valence-corrected chi connectivity index (χ4v) is 7.23. The van der Waals surface area contributed by atoms with Gasteiger partial charge in [0.25, 0.3) is 0 Å². The largest absolute Gasteiger partial charge is 0.462 e. The van der Waals surface area contributed by atoms with E-state index in [1.165, 1.54) is 89.9 Å². The molecule has 0 heterocycles. The van der Waals surface area contributed by atoms with E-state index in [2.05, 4.69) is 20.8 Å². The van der Waals surface area contributed by atoms with E-state index in [9.17, 15) is 4.79 Å². The summed E-state index contributed by atoms with van der Waals surface area (Å²) in [5.74, 6) is 4.84. The molecule has 0 radical (unpaired) electrons. The zero-order valence-electron chi connectivity index (χ0n) is 21.1. The van der Waals surface area contributed by atoms with Gasteiger partial charge in [-0.3, -0.25) is 4.79 Å². The summed E-state index contributed by atoms with van der Waals surface area (Å²) >= 11 is 0. The predicted octanol–water partition coefficient (Wildman–Crippen LogP) is 8.72. The Morgan fingerprint density at radius 1 is 0.774 bits per heavy atom. The molecule has 0 aromatic rings. The van der Waals surface area contributed by atoms with Crippen molar-refractivity contribution in [3.8, 4) is 0 Å². The third-order valence-electron chi connectivity index (χ3n) is 9.42. The molecule has 0 N–H and O–H groups in total. The van der Waals surface area contributed by atoms with Crippen LogP contribution in [-0.2, 0) is 9.53 Å². The topological polar surface area (TPSA) is 26.3 Å². The van der Waals surface area contributed by atoms with Gasteiger partial charge in [-0.25, -0.2) is 0 Å². The zero-order chi connectivity index (χ0) is 22.1. The summed E-state index contributed by atoms with van der Waals surface area (Å²) in [5, 5.41) is 0. The summed E-state index contributed by atoms with van der Waals surface area (Å²) in [7, 11) is 0. The molecular weight excluding hydrogens is 380 g/mol. The third-order valence-corrected chi connectivity index (χ3v) is 9.42. The van der Waals surface area contributed by atoms with Gasteiger partial charge in [0.15, 0.2) is 0 Å². The van der Waals surface area contributed by atoms with Gasteiger partial charge >= 0.3 is 5.97 Å². The van der Waals surface area contributed by atoms with Crippen molar-refractivity contribution in [2.24, 2.45) is 35.5 Å². The van der Waals surface area contributed by atoms with Crippen LogP contribution in [0, 0.1) is 35.5 Å². The normalized spacial score (nSPS) is 36.8. The summed E-state index contributed by atoms with van der Waals surface area (Å²) in [6, 6.07) is 0. The van der Waals surface area contributed by atoms with Gasteiger partial charge < -0.3 is 4.74 Å². The van der Waals surface area contributed by atoms with Crippen LogP contribution in [-0.4, -0.2) is 12.1 Å². The third kappa shape index (κ3) is 7.78. The Balaban J connectivity index is 1.33. The van der Waals surface area contributed by atoms with E-state index < -0.39 is 0 Å². The summed E-state index contributed by atoms with van der Waals surface area (Å²) in [4.78, 5) is 12.8. The average molecular weight is 433 g/mol. The quantitative estimate of drug-likeness (QED) is 0.255. The number of hydrogen-bond donors (Lipinski definition) is 0. The highest BCUT2D eigenvalue weighted by Gasteiger charge is 2.37. The fourth-order valence-electron chi connectivity index (χ4n) is 7.23. The maximum atomic E-state index is 12.8. The number of esters is 1. The van der Waals surface area contributed by atoms with Gasteiger partial charge in [0.05, 0.1) is 5.92 Å². The maximum Gasteiger partial charge on any atom is 0.309 e. The smallest absolute Gasteiger partial charge is 0.309 e. The standard InChI is InChI=1S/C29H52O2/c1-4-6-7-8-9-10-24-13-20-28(22(3)21-24)25-14-16-26(17-15-25)29(30)31-27-18-11-23(5-2)12-19-27/h22-28H,4-21H2,1-3H3/t22-,23?,24+,25-,26-,27?,28-/m1/s1. The van der Waals surface area contributed by atoms with E-state index in [0.29, 0.717) is 0 Å². The minimum atomic E-state index is 0.137. The molecule has 31 heavy (non-hydrogen) atoms. The number of unbranched alkanes of at least 4 members (excludes halogenated alkanes) is 4. The van der Waals surface area contributed by atoms with Crippen LogP contribution in [0.5, 0.6) is 0 Å². The van der Waals surface area contributed by atoms with Crippen molar-refractivity contribution in [3.63, 3.8) is 0 Å². The Bertz CT molecular complexity index is 499. The highest BCUT2D eigenvalue weighted by Crippen LogP contribution is 2.45. The molecule has 180 valence electrons. The first-order valence-corrected chi connectivity index (χ1v) is 14.3. The van der Waals surface area contributed by atoms with Crippen LogP contribution in [0.15, 0.2) is 0 Å². The van der Waals surface area contributed by atoms with Crippen LogP contribution in [0.4, 0.5) is 0 Å². The van der Waals surface area contributed by atoms with E-state index in [1.807, 2.05) is 0 Å². The molecular formula is C29H52O2. The van der Waals surface area contributed by atoms with Crippen LogP contribution < -0.4 is 0 Å². The summed E-state index contributed by atoms with van der Waals surface area (Å²) < 4.78 is 5.96. The van der Waals surface area contributed by atoms with Crippen LogP contribution in [0.2, 0.25) is 0 Å². The highest BCUT2D eigenvalue weighted by atomic mass is 16.5. The lowest BCUT2D eigenvalue weighted by atomic mass is 9.64. The molecule has 0 aliphatic heterocycles. The number of ether oxygens (including phenoxy) is 1. The molecule has 0 aromatic carbocycles. The first kappa shape index (κ1) is 25.1. The number of hydrogen-bond acceptors (Lipinski definition) is 2. The van der Waals surface area contributed by atoms with Gasteiger partial charge in [-0.1, -0.05) is 72.1 Å². The van der Waals surface area contributed by atoms with Crippen molar-refractivity contribution in [1.82, 2.24) is 0 Å². The van der Waals surface area contributed by atoms with E-state index in [-0.39, 0.29) is 18.0 Å². The molecule has 3 rings (SSSR count). The molecule has 3 aliphatic rings. The van der Waals surface area contributed by atoms with Crippen molar-refractivity contribution < 1.29 is 9.53 Å². The molecule has 0 aromatic heterocycles. The summed E-state index contributed by atoms with van der Waals surface area (Å²) in [6.45, 7) is 7.12. The van der Waals surface area contributed by atoms with Crippen molar-refractivity contribution >= 4 is 5.97 Å². The molecule has 2 nitrogen and oxygen atoms in total. The first-order valence-electron chi connectivity index (χ1n) is 14.3. The first-order chi connectivity index (χ1) is 15.1. The lowest BCUT2D eigenvalue weighted by molar-refractivity contribution is -0.157. The van der Waals surface area contributed by atoms with Crippen molar-refractivity contribution in [1.29, 1.82) is 0 Å². The number of carbonyl (C=O) groups is 1. The molecule has 2 heteroatoms. The van der Waals surface area contributed by atoms with Crippen LogP contribution in [0.25, 0.3) is 0 Å². The molecule has 3 saturated carbocycles. The zero-order valence-corrected chi connectivity index (χ0v) is 21.1. The molecule has 0 unspecified atom stereocenters. The van der Waals surface area contributed by atoms with E-state index in [1.54, 1.807) is 0 Å². The van der Waals surface area contributed by atoms with Crippen molar-refractivity contribution in [3.05, 3.63) is 0 Å². The van der Waals surface area contributed by atoms with Gasteiger partial charge in [0.1, 0.15) is 6.10 Å². The second-order valence-corrected chi connectivity index (χ2v) is 11.6. The second-order valence-electron chi connectivity index (χ2n) is 11.6. The van der Waals surface area contributed by atoms with Crippen LogP contribution >= 0.6 is 0 Å². The van der Waals surface area contributed by atoms with E-state index in [4.69, 9.17) is 4.74 Å².